The number of aromatic nitrogens is 2. The molecule has 0 saturated carbocycles. The molecule has 5 nitrogen and oxygen atoms in total. The van der Waals surface area contributed by atoms with Gasteiger partial charge in [0.25, 0.3) is 0 Å². The Morgan fingerprint density at radius 3 is 2.79 bits per heavy atom. The maximum Gasteiger partial charge on any atom is 0.242 e. The summed E-state index contributed by atoms with van der Waals surface area (Å²) in [5, 5.41) is 0. The first-order chi connectivity index (χ1) is 11.7. The zero-order valence-corrected chi connectivity index (χ0v) is 14.4. The lowest BCUT2D eigenvalue weighted by Gasteiger charge is -2.38. The summed E-state index contributed by atoms with van der Waals surface area (Å²) < 4.78 is 7.59. The first kappa shape index (κ1) is 16.7. The van der Waals surface area contributed by atoms with Gasteiger partial charge in [-0.15, -0.1) is 0 Å². The highest BCUT2D eigenvalue weighted by atomic mass is 16.5. The molecule has 1 saturated heterocycles. The average molecular weight is 327 g/mol. The van der Waals surface area contributed by atoms with Crippen LogP contribution in [0.15, 0.2) is 42.7 Å². The van der Waals surface area contributed by atoms with Crippen molar-refractivity contribution in [3.05, 3.63) is 54.1 Å². The number of benzene rings is 1. The number of nitrogens with zero attached hydrogens (tertiary/aromatic N) is 3. The summed E-state index contributed by atoms with van der Waals surface area (Å²) in [4.78, 5) is 18.7. The van der Waals surface area contributed by atoms with E-state index in [9.17, 15) is 4.79 Å². The van der Waals surface area contributed by atoms with Gasteiger partial charge in [-0.1, -0.05) is 30.3 Å². The van der Waals surface area contributed by atoms with Crippen LogP contribution >= 0.6 is 0 Å². The first-order valence-electron chi connectivity index (χ1n) is 8.49. The van der Waals surface area contributed by atoms with Crippen LogP contribution in [-0.4, -0.2) is 46.7 Å². The van der Waals surface area contributed by atoms with E-state index in [0.29, 0.717) is 19.0 Å². The molecular weight excluding hydrogens is 302 g/mol. The Morgan fingerprint density at radius 1 is 1.33 bits per heavy atom. The number of likely N-dealkylation sites (tertiary alicyclic amines) is 1. The molecule has 2 heterocycles. The van der Waals surface area contributed by atoms with Crippen LogP contribution in [0.2, 0.25) is 0 Å². The second kappa shape index (κ2) is 7.62. The van der Waals surface area contributed by atoms with Gasteiger partial charge in [0, 0.05) is 32.6 Å². The highest BCUT2D eigenvalue weighted by molar-refractivity contribution is 5.76. The molecule has 1 aliphatic heterocycles. The maximum atomic E-state index is 12.6. The predicted octanol–water partition coefficient (Wildman–Crippen LogP) is 2.30. The highest BCUT2D eigenvalue weighted by Gasteiger charge is 2.31. The predicted molar refractivity (Wildman–Crippen MR) is 92.6 cm³/mol. The summed E-state index contributed by atoms with van der Waals surface area (Å²) in [5.74, 6) is 1.46. The first-order valence-corrected chi connectivity index (χ1v) is 8.49. The number of aryl methyl sites for hydroxylation is 1. The minimum Gasteiger partial charge on any atom is -0.379 e. The zero-order valence-electron chi connectivity index (χ0n) is 14.4. The van der Waals surface area contributed by atoms with Gasteiger partial charge in [0.1, 0.15) is 12.4 Å². The molecule has 0 aliphatic carbocycles. The number of hydrogen-bond donors (Lipinski definition) is 0. The Balaban J connectivity index is 1.60. The normalized spacial score (nSPS) is 21.0. The molecule has 0 unspecified atom stereocenters. The standard InChI is InChI=1S/C19H25N3O2/c1-15-20-9-11-21(15)14-19(23)22-10-8-17(18(13-22)24-2)12-16-6-4-3-5-7-16/h3-7,9,11,17-18H,8,10,12-14H2,1-2H3/t17-,18+/m1/s1. The smallest absolute Gasteiger partial charge is 0.242 e. The van der Waals surface area contributed by atoms with Crippen molar-refractivity contribution in [1.29, 1.82) is 0 Å². The van der Waals surface area contributed by atoms with E-state index in [1.165, 1.54) is 5.56 Å². The van der Waals surface area contributed by atoms with Gasteiger partial charge >= 0.3 is 0 Å². The molecule has 1 aromatic heterocycles. The van der Waals surface area contributed by atoms with E-state index in [-0.39, 0.29) is 12.0 Å². The second-order valence-electron chi connectivity index (χ2n) is 6.45. The van der Waals surface area contributed by atoms with Gasteiger partial charge in [-0.05, 0) is 31.2 Å². The number of ether oxygens (including phenoxy) is 1. The Morgan fingerprint density at radius 2 is 2.12 bits per heavy atom. The molecule has 2 aromatic rings. The second-order valence-corrected chi connectivity index (χ2v) is 6.45. The number of hydrogen-bond acceptors (Lipinski definition) is 3. The number of piperidine rings is 1. The van der Waals surface area contributed by atoms with Crippen LogP contribution in [0, 0.1) is 12.8 Å². The van der Waals surface area contributed by atoms with Gasteiger partial charge in [-0.2, -0.15) is 0 Å². The van der Waals surface area contributed by atoms with Crippen molar-refractivity contribution >= 4 is 5.91 Å². The number of amides is 1. The molecule has 0 bridgehead atoms. The summed E-state index contributed by atoms with van der Waals surface area (Å²) in [6.45, 7) is 3.73. The van der Waals surface area contributed by atoms with Gasteiger partial charge in [0.05, 0.1) is 6.10 Å². The van der Waals surface area contributed by atoms with E-state index >= 15 is 0 Å². The number of carbonyl (C=O) groups excluding carboxylic acids is 1. The quantitative estimate of drug-likeness (QED) is 0.846. The van der Waals surface area contributed by atoms with E-state index in [0.717, 1.165) is 25.2 Å². The van der Waals surface area contributed by atoms with E-state index < -0.39 is 0 Å². The molecule has 1 fully saturated rings. The molecule has 3 rings (SSSR count). The van der Waals surface area contributed by atoms with Crippen molar-refractivity contribution in [3.63, 3.8) is 0 Å². The third kappa shape index (κ3) is 3.85. The minimum atomic E-state index is 0.0896. The molecule has 0 N–H and O–H groups in total. The summed E-state index contributed by atoms with van der Waals surface area (Å²) in [5.41, 5.74) is 1.33. The Hall–Kier alpha value is -2.14. The average Bonchev–Trinajstić information content (AvgIpc) is 3.01. The lowest BCUT2D eigenvalue weighted by molar-refractivity contribution is -0.137. The molecule has 24 heavy (non-hydrogen) atoms. The summed E-state index contributed by atoms with van der Waals surface area (Å²) in [6.07, 6.45) is 5.65. The Bertz CT molecular complexity index is 668. The lowest BCUT2D eigenvalue weighted by atomic mass is 9.87. The SMILES string of the molecule is CO[C@H]1CN(C(=O)Cn2ccnc2C)CC[C@@H]1Cc1ccccc1. The molecule has 0 radical (unpaired) electrons. The number of methoxy groups -OCH3 is 1. The van der Waals surface area contributed by atoms with Crippen LogP contribution < -0.4 is 0 Å². The van der Waals surface area contributed by atoms with Crippen LogP contribution in [0.5, 0.6) is 0 Å². The van der Waals surface area contributed by atoms with Crippen molar-refractivity contribution in [3.8, 4) is 0 Å². The number of imidazole rings is 1. The Labute approximate surface area is 143 Å². The molecular formula is C19H25N3O2. The maximum absolute atomic E-state index is 12.6. The third-order valence-electron chi connectivity index (χ3n) is 4.92. The molecule has 2 atom stereocenters. The van der Waals surface area contributed by atoms with Gasteiger partial charge in [0.15, 0.2) is 0 Å². The molecule has 128 valence electrons. The molecule has 1 amide bonds. The summed E-state index contributed by atoms with van der Waals surface area (Å²) in [7, 11) is 1.75. The van der Waals surface area contributed by atoms with Gasteiger partial charge < -0.3 is 14.2 Å². The minimum absolute atomic E-state index is 0.0896. The van der Waals surface area contributed by atoms with E-state index in [1.54, 1.807) is 13.3 Å². The van der Waals surface area contributed by atoms with Gasteiger partial charge in [-0.3, -0.25) is 4.79 Å². The van der Waals surface area contributed by atoms with Crippen LogP contribution in [0.4, 0.5) is 0 Å². The van der Waals surface area contributed by atoms with Crippen molar-refractivity contribution in [2.75, 3.05) is 20.2 Å². The van der Waals surface area contributed by atoms with Gasteiger partial charge in [0.2, 0.25) is 5.91 Å². The van der Waals surface area contributed by atoms with Gasteiger partial charge in [-0.25, -0.2) is 4.98 Å². The molecule has 1 aromatic carbocycles. The fourth-order valence-corrected chi connectivity index (χ4v) is 3.43. The highest BCUT2D eigenvalue weighted by Crippen LogP contribution is 2.24. The van der Waals surface area contributed by atoms with Crippen LogP contribution in [0.3, 0.4) is 0 Å². The van der Waals surface area contributed by atoms with Crippen molar-refractivity contribution in [1.82, 2.24) is 14.5 Å². The van der Waals surface area contributed by atoms with E-state index in [4.69, 9.17) is 4.74 Å². The van der Waals surface area contributed by atoms with E-state index in [2.05, 4.69) is 29.2 Å². The van der Waals surface area contributed by atoms with Crippen molar-refractivity contribution in [2.24, 2.45) is 5.92 Å². The zero-order chi connectivity index (χ0) is 16.9. The fraction of sp³-hybridized carbons (Fsp3) is 0.474. The third-order valence-corrected chi connectivity index (χ3v) is 4.92. The molecule has 5 heteroatoms. The topological polar surface area (TPSA) is 47.4 Å². The number of carbonyl (C=O) groups is 1. The van der Waals surface area contributed by atoms with Crippen LogP contribution in [0.25, 0.3) is 0 Å². The summed E-state index contributed by atoms with van der Waals surface area (Å²) in [6, 6.07) is 10.5. The van der Waals surface area contributed by atoms with Crippen molar-refractivity contribution < 1.29 is 9.53 Å². The fourth-order valence-electron chi connectivity index (χ4n) is 3.43. The van der Waals surface area contributed by atoms with E-state index in [1.807, 2.05) is 28.7 Å². The van der Waals surface area contributed by atoms with Crippen LogP contribution in [-0.2, 0) is 22.5 Å². The number of rotatable bonds is 5. The molecule has 0 spiro atoms. The monoisotopic (exact) mass is 327 g/mol. The summed E-state index contributed by atoms with van der Waals surface area (Å²) >= 11 is 0. The van der Waals surface area contributed by atoms with Crippen molar-refractivity contribution in [2.45, 2.75) is 32.4 Å². The molecule has 1 aliphatic rings. The largest absolute Gasteiger partial charge is 0.379 e. The van der Waals surface area contributed by atoms with Crippen LogP contribution in [0.1, 0.15) is 17.8 Å². The lowest BCUT2D eigenvalue weighted by Crippen LogP contribution is -2.48. The Kier molecular flexibility index (Phi) is 5.30.